The molecule has 0 saturated heterocycles. The normalized spacial score (nSPS) is 29.1. The van der Waals surface area contributed by atoms with E-state index in [2.05, 4.69) is 15.9 Å². The Bertz CT molecular complexity index is 172. The van der Waals surface area contributed by atoms with Crippen molar-refractivity contribution in [2.24, 2.45) is 0 Å². The van der Waals surface area contributed by atoms with Gasteiger partial charge >= 0.3 is 6.18 Å². The fourth-order valence-corrected chi connectivity index (χ4v) is 2.31. The standard InChI is InChI=1S/C9H14BrF3O/c10-7-3-1-2-4-8(7)14-6-5-9(11,12)13/h7-8H,1-6H2. The van der Waals surface area contributed by atoms with Crippen LogP contribution in [0.4, 0.5) is 13.2 Å². The molecule has 1 nitrogen and oxygen atoms in total. The summed E-state index contributed by atoms with van der Waals surface area (Å²) in [5.41, 5.74) is 0. The first-order chi connectivity index (χ1) is 6.49. The van der Waals surface area contributed by atoms with Crippen molar-refractivity contribution < 1.29 is 17.9 Å². The van der Waals surface area contributed by atoms with Crippen molar-refractivity contribution in [3.63, 3.8) is 0 Å². The first-order valence-corrected chi connectivity index (χ1v) is 5.73. The largest absolute Gasteiger partial charge is 0.391 e. The Morgan fingerprint density at radius 3 is 2.43 bits per heavy atom. The molecule has 0 amide bonds. The van der Waals surface area contributed by atoms with Gasteiger partial charge in [0, 0.05) is 4.83 Å². The third kappa shape index (κ3) is 4.64. The fourth-order valence-electron chi connectivity index (χ4n) is 1.57. The summed E-state index contributed by atoms with van der Waals surface area (Å²) in [6.07, 6.45) is -0.927. The third-order valence-electron chi connectivity index (χ3n) is 2.34. The van der Waals surface area contributed by atoms with Crippen LogP contribution in [0.25, 0.3) is 0 Å². The quantitative estimate of drug-likeness (QED) is 0.714. The van der Waals surface area contributed by atoms with Crippen molar-refractivity contribution in [1.29, 1.82) is 0 Å². The van der Waals surface area contributed by atoms with Crippen molar-refractivity contribution in [2.45, 2.75) is 49.2 Å². The zero-order valence-electron chi connectivity index (χ0n) is 7.82. The molecular formula is C9H14BrF3O. The maximum absolute atomic E-state index is 11.8. The average molecular weight is 275 g/mol. The minimum Gasteiger partial charge on any atom is -0.377 e. The summed E-state index contributed by atoms with van der Waals surface area (Å²) in [6, 6.07) is 0. The molecule has 1 fully saturated rings. The SMILES string of the molecule is FC(F)(F)CCOC1CCCCC1Br. The van der Waals surface area contributed by atoms with Crippen LogP contribution in [0.1, 0.15) is 32.1 Å². The Morgan fingerprint density at radius 2 is 1.86 bits per heavy atom. The van der Waals surface area contributed by atoms with E-state index in [1.54, 1.807) is 0 Å². The lowest BCUT2D eigenvalue weighted by Gasteiger charge is -2.27. The molecule has 5 heteroatoms. The number of hydrogen-bond donors (Lipinski definition) is 0. The van der Waals surface area contributed by atoms with Crippen molar-refractivity contribution in [3.8, 4) is 0 Å². The van der Waals surface area contributed by atoms with E-state index in [9.17, 15) is 13.2 Å². The maximum Gasteiger partial charge on any atom is 0.391 e. The van der Waals surface area contributed by atoms with Crippen LogP contribution < -0.4 is 0 Å². The zero-order chi connectivity index (χ0) is 10.6. The molecule has 1 aliphatic rings. The van der Waals surface area contributed by atoms with Crippen LogP contribution in [-0.2, 0) is 4.74 Å². The molecule has 0 aromatic rings. The highest BCUT2D eigenvalue weighted by atomic mass is 79.9. The first-order valence-electron chi connectivity index (χ1n) is 4.81. The molecule has 0 N–H and O–H groups in total. The summed E-state index contributed by atoms with van der Waals surface area (Å²) in [5.74, 6) is 0. The fraction of sp³-hybridized carbons (Fsp3) is 1.00. The average Bonchev–Trinajstić information content (AvgIpc) is 2.06. The Morgan fingerprint density at radius 1 is 1.21 bits per heavy atom. The molecule has 84 valence electrons. The van der Waals surface area contributed by atoms with Gasteiger partial charge < -0.3 is 4.74 Å². The van der Waals surface area contributed by atoms with E-state index in [4.69, 9.17) is 4.74 Å². The van der Waals surface area contributed by atoms with Crippen LogP contribution in [0.2, 0.25) is 0 Å². The summed E-state index contributed by atoms with van der Waals surface area (Å²) in [5, 5.41) is 0. The Kier molecular flexibility index (Phi) is 4.70. The van der Waals surface area contributed by atoms with Gasteiger partial charge in [-0.2, -0.15) is 13.2 Å². The monoisotopic (exact) mass is 274 g/mol. The Hall–Kier alpha value is 0.230. The molecular weight excluding hydrogens is 261 g/mol. The third-order valence-corrected chi connectivity index (χ3v) is 3.39. The summed E-state index contributed by atoms with van der Waals surface area (Å²) in [6.45, 7) is -0.212. The number of alkyl halides is 4. The van der Waals surface area contributed by atoms with Crippen LogP contribution in [0.5, 0.6) is 0 Å². The second-order valence-corrected chi connectivity index (χ2v) is 4.75. The van der Waals surface area contributed by atoms with Crippen LogP contribution in [0.15, 0.2) is 0 Å². The number of hydrogen-bond acceptors (Lipinski definition) is 1. The second-order valence-electron chi connectivity index (χ2n) is 3.57. The van der Waals surface area contributed by atoms with Gasteiger partial charge in [-0.3, -0.25) is 0 Å². The van der Waals surface area contributed by atoms with E-state index in [0.717, 1.165) is 25.7 Å². The number of rotatable bonds is 3. The van der Waals surface area contributed by atoms with Gasteiger partial charge in [0.05, 0.1) is 19.1 Å². The van der Waals surface area contributed by atoms with Crippen LogP contribution in [0.3, 0.4) is 0 Å². The van der Waals surface area contributed by atoms with E-state index in [1.807, 2.05) is 0 Å². The van der Waals surface area contributed by atoms with Crippen LogP contribution >= 0.6 is 15.9 Å². The van der Waals surface area contributed by atoms with E-state index in [1.165, 1.54) is 0 Å². The predicted molar refractivity (Wildman–Crippen MR) is 51.6 cm³/mol. The van der Waals surface area contributed by atoms with Gasteiger partial charge in [0.15, 0.2) is 0 Å². The van der Waals surface area contributed by atoms with Crippen molar-refractivity contribution in [2.75, 3.05) is 6.61 Å². The van der Waals surface area contributed by atoms with Gasteiger partial charge in [0.25, 0.3) is 0 Å². The Balaban J connectivity index is 2.17. The molecule has 0 radical (unpaired) electrons. The van der Waals surface area contributed by atoms with Gasteiger partial charge in [-0.1, -0.05) is 28.8 Å². The van der Waals surface area contributed by atoms with E-state index in [-0.39, 0.29) is 17.5 Å². The van der Waals surface area contributed by atoms with Gasteiger partial charge in [-0.05, 0) is 12.8 Å². The lowest BCUT2D eigenvalue weighted by molar-refractivity contribution is -0.149. The highest BCUT2D eigenvalue weighted by Gasteiger charge is 2.29. The van der Waals surface area contributed by atoms with Crippen LogP contribution in [-0.4, -0.2) is 23.7 Å². The summed E-state index contributed by atoms with van der Waals surface area (Å²) >= 11 is 3.43. The zero-order valence-corrected chi connectivity index (χ0v) is 9.40. The number of ether oxygens (including phenoxy) is 1. The Labute approximate surface area is 90.1 Å². The van der Waals surface area contributed by atoms with Crippen molar-refractivity contribution >= 4 is 15.9 Å². The molecule has 2 atom stereocenters. The molecule has 0 spiro atoms. The molecule has 0 aromatic heterocycles. The summed E-state index contributed by atoms with van der Waals surface area (Å²) in [4.78, 5) is 0.226. The first kappa shape index (κ1) is 12.3. The van der Waals surface area contributed by atoms with Gasteiger partial charge in [-0.15, -0.1) is 0 Å². The van der Waals surface area contributed by atoms with E-state index >= 15 is 0 Å². The van der Waals surface area contributed by atoms with Gasteiger partial charge in [0.1, 0.15) is 0 Å². The van der Waals surface area contributed by atoms with E-state index in [0.29, 0.717) is 0 Å². The maximum atomic E-state index is 11.8. The highest BCUT2D eigenvalue weighted by Crippen LogP contribution is 2.28. The van der Waals surface area contributed by atoms with E-state index < -0.39 is 12.6 Å². The summed E-state index contributed by atoms with van der Waals surface area (Å²) < 4.78 is 40.7. The molecule has 0 bridgehead atoms. The lowest BCUT2D eigenvalue weighted by Crippen LogP contribution is -2.29. The van der Waals surface area contributed by atoms with Gasteiger partial charge in [-0.25, -0.2) is 0 Å². The molecule has 0 aliphatic heterocycles. The molecule has 2 unspecified atom stereocenters. The van der Waals surface area contributed by atoms with Crippen molar-refractivity contribution in [3.05, 3.63) is 0 Å². The van der Waals surface area contributed by atoms with Crippen LogP contribution in [0, 0.1) is 0 Å². The number of halogens is 4. The second kappa shape index (κ2) is 5.35. The summed E-state index contributed by atoms with van der Waals surface area (Å²) in [7, 11) is 0. The minimum atomic E-state index is -4.10. The van der Waals surface area contributed by atoms with Gasteiger partial charge in [0.2, 0.25) is 0 Å². The molecule has 14 heavy (non-hydrogen) atoms. The van der Waals surface area contributed by atoms with Crippen molar-refractivity contribution in [1.82, 2.24) is 0 Å². The molecule has 0 aromatic carbocycles. The molecule has 1 rings (SSSR count). The molecule has 1 saturated carbocycles. The minimum absolute atomic E-state index is 0.0360. The topological polar surface area (TPSA) is 9.23 Å². The predicted octanol–water partition coefficient (Wildman–Crippen LogP) is 3.66. The molecule has 0 heterocycles. The smallest absolute Gasteiger partial charge is 0.377 e. The lowest BCUT2D eigenvalue weighted by atomic mass is 9.97. The highest BCUT2D eigenvalue weighted by molar-refractivity contribution is 9.09. The molecule has 1 aliphatic carbocycles.